The van der Waals surface area contributed by atoms with Gasteiger partial charge in [-0.25, -0.2) is 4.98 Å². The third-order valence-corrected chi connectivity index (χ3v) is 8.56. The maximum absolute atomic E-state index is 6.88. The molecule has 0 aliphatic heterocycles. The molecule has 0 aliphatic carbocycles. The fourth-order valence-corrected chi connectivity index (χ4v) is 5.85. The molecule has 3 nitrogen and oxygen atoms in total. The molecule has 0 aliphatic rings. The number of furan rings is 1. The van der Waals surface area contributed by atoms with Crippen LogP contribution in [0.1, 0.15) is 77.0 Å². The standard InChI is InChI=1S/C36H36B2N2O/c1-21(2)27-19-23(36(37,38)35(5,6)7)20-28(22(3)4)32(27)40-30-17-10-9-16-29(30)39-34(40)26-15-12-14-25-24-13-8-11-18-31(24)41-33(25)26/h8-22H,1-7H3. The van der Waals surface area contributed by atoms with Crippen molar-refractivity contribution >= 4 is 48.7 Å². The van der Waals surface area contributed by atoms with Gasteiger partial charge in [0, 0.05) is 10.8 Å². The van der Waals surface area contributed by atoms with Gasteiger partial charge in [-0.15, -0.1) is 0 Å². The first-order chi connectivity index (χ1) is 19.4. The van der Waals surface area contributed by atoms with Crippen LogP contribution in [-0.4, -0.2) is 25.2 Å². The summed E-state index contributed by atoms with van der Waals surface area (Å²) in [7, 11) is 13.8. The van der Waals surface area contributed by atoms with Crippen LogP contribution in [0, 0.1) is 5.41 Å². The summed E-state index contributed by atoms with van der Waals surface area (Å²) in [5.74, 6) is 1.29. The Morgan fingerprint density at radius 2 is 1.37 bits per heavy atom. The lowest BCUT2D eigenvalue weighted by molar-refractivity contribution is 0.358. The summed E-state index contributed by atoms with van der Waals surface area (Å²) in [5, 5.41) is 1.19. The van der Waals surface area contributed by atoms with Crippen LogP contribution >= 0.6 is 0 Å². The van der Waals surface area contributed by atoms with Gasteiger partial charge in [-0.05, 0) is 52.6 Å². The first-order valence-corrected chi connectivity index (χ1v) is 14.5. The molecule has 0 saturated heterocycles. The topological polar surface area (TPSA) is 31.0 Å². The van der Waals surface area contributed by atoms with Gasteiger partial charge >= 0.3 is 0 Å². The molecule has 202 valence electrons. The minimum atomic E-state index is -1.00. The van der Waals surface area contributed by atoms with Gasteiger partial charge in [-0.3, -0.25) is 4.57 Å². The monoisotopic (exact) mass is 534 g/mol. The summed E-state index contributed by atoms with van der Waals surface area (Å²) in [5.41, 5.74) is 8.80. The van der Waals surface area contributed by atoms with Crippen molar-refractivity contribution in [2.24, 2.45) is 5.41 Å². The van der Waals surface area contributed by atoms with Crippen LogP contribution < -0.4 is 0 Å². The summed E-state index contributed by atoms with van der Waals surface area (Å²) in [4.78, 5) is 5.24. The largest absolute Gasteiger partial charge is 0.455 e. The molecule has 0 saturated carbocycles. The molecule has 0 N–H and O–H groups in total. The number of para-hydroxylation sites is 4. The molecule has 0 fully saturated rings. The van der Waals surface area contributed by atoms with Gasteiger partial charge in [0.05, 0.1) is 38.0 Å². The molecule has 4 aromatic carbocycles. The van der Waals surface area contributed by atoms with E-state index in [2.05, 4.69) is 114 Å². The van der Waals surface area contributed by atoms with E-state index < -0.39 is 5.21 Å². The molecule has 0 atom stereocenters. The van der Waals surface area contributed by atoms with E-state index in [1.807, 2.05) is 18.2 Å². The molecule has 2 heterocycles. The number of rotatable bonds is 5. The van der Waals surface area contributed by atoms with Crippen LogP contribution in [0.25, 0.3) is 50.0 Å². The number of aromatic nitrogens is 2. The lowest BCUT2D eigenvalue weighted by Gasteiger charge is -2.42. The van der Waals surface area contributed by atoms with E-state index in [4.69, 9.17) is 25.1 Å². The summed E-state index contributed by atoms with van der Waals surface area (Å²) in [6.07, 6.45) is 0. The maximum Gasteiger partial charge on any atom is 0.149 e. The van der Waals surface area contributed by atoms with Crippen molar-refractivity contribution in [1.29, 1.82) is 0 Å². The van der Waals surface area contributed by atoms with Crippen molar-refractivity contribution in [3.63, 3.8) is 0 Å². The third kappa shape index (κ3) is 4.33. The van der Waals surface area contributed by atoms with Gasteiger partial charge in [0.1, 0.15) is 17.0 Å². The van der Waals surface area contributed by atoms with Crippen LogP contribution in [-0.2, 0) is 5.21 Å². The van der Waals surface area contributed by atoms with Gasteiger partial charge in [-0.1, -0.05) is 114 Å². The predicted octanol–water partition coefficient (Wildman–Crippen LogP) is 9.37. The Hall–Kier alpha value is -3.72. The highest BCUT2D eigenvalue weighted by Crippen LogP contribution is 2.44. The van der Waals surface area contributed by atoms with E-state index in [-0.39, 0.29) is 17.3 Å². The molecule has 41 heavy (non-hydrogen) atoms. The molecule has 0 amide bonds. The summed E-state index contributed by atoms with van der Waals surface area (Å²) < 4.78 is 8.83. The highest BCUT2D eigenvalue weighted by Gasteiger charge is 2.35. The molecule has 0 bridgehead atoms. The van der Waals surface area contributed by atoms with Gasteiger partial charge in [0.25, 0.3) is 0 Å². The second kappa shape index (κ2) is 9.69. The van der Waals surface area contributed by atoms with Crippen LogP contribution in [0.5, 0.6) is 0 Å². The van der Waals surface area contributed by atoms with Crippen molar-refractivity contribution in [2.75, 3.05) is 0 Å². The second-order valence-electron chi connectivity index (χ2n) is 13.0. The maximum atomic E-state index is 6.88. The van der Waals surface area contributed by atoms with Crippen molar-refractivity contribution in [2.45, 2.75) is 65.5 Å². The first kappa shape index (κ1) is 27.4. The van der Waals surface area contributed by atoms with Crippen LogP contribution in [0.15, 0.2) is 83.3 Å². The molecule has 6 aromatic rings. The second-order valence-corrected chi connectivity index (χ2v) is 13.0. The Kier molecular flexibility index (Phi) is 6.48. The summed E-state index contributed by atoms with van der Waals surface area (Å²) in [6, 6.07) is 27.3. The van der Waals surface area contributed by atoms with Crippen molar-refractivity contribution in [3.05, 3.63) is 95.6 Å². The number of nitrogens with zero attached hydrogens (tertiary/aromatic N) is 2. The van der Waals surface area contributed by atoms with Crippen molar-refractivity contribution in [1.82, 2.24) is 9.55 Å². The van der Waals surface area contributed by atoms with Crippen LogP contribution in [0.4, 0.5) is 0 Å². The molecule has 0 unspecified atom stereocenters. The normalized spacial score (nSPS) is 12.9. The number of imidazole rings is 1. The predicted molar refractivity (Wildman–Crippen MR) is 175 cm³/mol. The minimum Gasteiger partial charge on any atom is -0.455 e. The lowest BCUT2D eigenvalue weighted by Crippen LogP contribution is -2.41. The zero-order valence-electron chi connectivity index (χ0n) is 25.1. The highest BCUT2D eigenvalue weighted by atomic mass is 16.3. The molecular weight excluding hydrogens is 498 g/mol. The van der Waals surface area contributed by atoms with Crippen molar-refractivity contribution in [3.8, 4) is 17.1 Å². The summed E-state index contributed by atoms with van der Waals surface area (Å²) in [6.45, 7) is 15.2. The Morgan fingerprint density at radius 1 is 0.756 bits per heavy atom. The van der Waals surface area contributed by atoms with E-state index >= 15 is 0 Å². The molecule has 0 spiro atoms. The van der Waals surface area contributed by atoms with Gasteiger partial charge in [0.15, 0.2) is 0 Å². The van der Waals surface area contributed by atoms with E-state index in [0.717, 1.165) is 55.6 Å². The van der Waals surface area contributed by atoms with E-state index in [0.29, 0.717) is 0 Å². The first-order valence-electron chi connectivity index (χ1n) is 14.5. The van der Waals surface area contributed by atoms with E-state index in [1.54, 1.807) is 0 Å². The smallest absolute Gasteiger partial charge is 0.149 e. The van der Waals surface area contributed by atoms with E-state index in [1.165, 1.54) is 11.1 Å². The van der Waals surface area contributed by atoms with Crippen LogP contribution in [0.2, 0.25) is 0 Å². The minimum absolute atomic E-state index is 0.217. The van der Waals surface area contributed by atoms with Crippen LogP contribution in [0.3, 0.4) is 0 Å². The number of hydrogen-bond donors (Lipinski definition) is 0. The average Bonchev–Trinajstić information content (AvgIpc) is 3.50. The number of benzene rings is 4. The van der Waals surface area contributed by atoms with Gasteiger partial charge < -0.3 is 4.42 Å². The fraction of sp³-hybridized carbons (Fsp3) is 0.306. The molecular formula is C36H36B2N2O. The molecule has 6 rings (SSSR count). The Labute approximate surface area is 245 Å². The Bertz CT molecular complexity index is 1890. The molecule has 4 radical (unpaired) electrons. The average molecular weight is 534 g/mol. The molecule has 5 heteroatoms. The Balaban J connectivity index is 1.74. The SMILES string of the molecule is [B]C([B])(c1cc(C(C)C)c(-n2c(-c3cccc4c3oc3ccccc34)nc3ccccc32)c(C(C)C)c1)C(C)(C)C. The Morgan fingerprint density at radius 3 is 2.02 bits per heavy atom. The third-order valence-electron chi connectivity index (χ3n) is 8.56. The summed E-state index contributed by atoms with van der Waals surface area (Å²) >= 11 is 0. The number of fused-ring (bicyclic) bond motifs is 4. The zero-order chi connectivity index (χ0) is 29.3. The van der Waals surface area contributed by atoms with E-state index in [9.17, 15) is 0 Å². The number of hydrogen-bond acceptors (Lipinski definition) is 2. The lowest BCUT2D eigenvalue weighted by atomic mass is 9.40. The quantitative estimate of drug-likeness (QED) is 0.206. The fourth-order valence-electron chi connectivity index (χ4n) is 5.85. The van der Waals surface area contributed by atoms with Crippen molar-refractivity contribution < 1.29 is 4.42 Å². The molecule has 2 aromatic heterocycles. The van der Waals surface area contributed by atoms with Gasteiger partial charge in [0.2, 0.25) is 0 Å². The van der Waals surface area contributed by atoms with Gasteiger partial charge in [-0.2, -0.15) is 0 Å². The highest BCUT2D eigenvalue weighted by molar-refractivity contribution is 6.40. The zero-order valence-corrected chi connectivity index (χ0v) is 25.1.